The number of nitriles is 1. The zero-order valence-corrected chi connectivity index (χ0v) is 13.0. The Morgan fingerprint density at radius 1 is 1.21 bits per heavy atom. The minimum absolute atomic E-state index is 0.240. The van der Waals surface area contributed by atoms with Crippen LogP contribution in [0.3, 0.4) is 0 Å². The van der Waals surface area contributed by atoms with Gasteiger partial charge in [0.1, 0.15) is 12.4 Å². The predicted molar refractivity (Wildman–Crippen MR) is 88.5 cm³/mol. The molecule has 0 bridgehead atoms. The SMILES string of the molecule is N#CC1(C=C2c3ccc(C(=O)O)cc3COc3ccccc32)CC1. The van der Waals surface area contributed by atoms with Gasteiger partial charge in [-0.15, -0.1) is 0 Å². The first kappa shape index (κ1) is 14.5. The van der Waals surface area contributed by atoms with Gasteiger partial charge in [-0.2, -0.15) is 5.26 Å². The van der Waals surface area contributed by atoms with Crippen LogP contribution < -0.4 is 4.74 Å². The number of carboxylic acids is 1. The number of rotatable bonds is 2. The van der Waals surface area contributed by atoms with E-state index in [0.717, 1.165) is 40.9 Å². The first-order valence-corrected chi connectivity index (χ1v) is 7.85. The van der Waals surface area contributed by atoms with Crippen molar-refractivity contribution in [3.8, 4) is 11.8 Å². The zero-order chi connectivity index (χ0) is 16.7. The standard InChI is InChI=1S/C20H15NO3/c21-12-20(7-8-20)10-17-15-6-5-13(19(22)23)9-14(15)11-24-18-4-2-1-3-16(17)18/h1-6,9-10H,7-8,11H2,(H,22,23). The van der Waals surface area contributed by atoms with Crippen LogP contribution in [0.2, 0.25) is 0 Å². The van der Waals surface area contributed by atoms with E-state index < -0.39 is 11.4 Å². The summed E-state index contributed by atoms with van der Waals surface area (Å²) in [6, 6.07) is 15.2. The molecule has 4 heteroatoms. The highest BCUT2D eigenvalue weighted by Crippen LogP contribution is 2.50. The van der Waals surface area contributed by atoms with Crippen molar-refractivity contribution < 1.29 is 14.6 Å². The Balaban J connectivity index is 1.94. The molecule has 0 saturated heterocycles. The molecule has 1 aliphatic carbocycles. The molecule has 4 nitrogen and oxygen atoms in total. The van der Waals surface area contributed by atoms with E-state index in [1.807, 2.05) is 36.4 Å². The van der Waals surface area contributed by atoms with Crippen LogP contribution in [0.1, 0.15) is 39.9 Å². The summed E-state index contributed by atoms with van der Waals surface area (Å²) in [4.78, 5) is 11.3. The molecular formula is C20H15NO3. The van der Waals surface area contributed by atoms with Gasteiger partial charge in [0.05, 0.1) is 17.0 Å². The Bertz CT molecular complexity index is 917. The molecule has 2 aromatic rings. The molecule has 2 aliphatic rings. The van der Waals surface area contributed by atoms with Gasteiger partial charge in [-0.05, 0) is 47.7 Å². The summed E-state index contributed by atoms with van der Waals surface area (Å²) in [6.07, 6.45) is 3.75. The zero-order valence-electron chi connectivity index (χ0n) is 13.0. The average Bonchev–Trinajstić information content (AvgIpc) is 3.39. The van der Waals surface area contributed by atoms with Gasteiger partial charge in [0.15, 0.2) is 0 Å². The highest BCUT2D eigenvalue weighted by Gasteiger charge is 2.42. The number of aromatic carboxylic acids is 1. The van der Waals surface area contributed by atoms with Gasteiger partial charge < -0.3 is 9.84 Å². The van der Waals surface area contributed by atoms with Crippen LogP contribution in [0.25, 0.3) is 5.57 Å². The fourth-order valence-electron chi connectivity index (χ4n) is 3.08. The molecule has 118 valence electrons. The van der Waals surface area contributed by atoms with E-state index >= 15 is 0 Å². The Kier molecular flexibility index (Phi) is 3.17. The largest absolute Gasteiger partial charge is 0.488 e. The summed E-state index contributed by atoms with van der Waals surface area (Å²) in [6.45, 7) is 0.310. The Hall–Kier alpha value is -3.06. The van der Waals surface area contributed by atoms with E-state index in [0.29, 0.717) is 6.61 Å². The molecule has 4 rings (SSSR count). The van der Waals surface area contributed by atoms with Crippen LogP contribution in [0.5, 0.6) is 5.75 Å². The number of benzene rings is 2. The summed E-state index contributed by atoms with van der Waals surface area (Å²) in [5, 5.41) is 18.7. The summed E-state index contributed by atoms with van der Waals surface area (Å²) < 4.78 is 5.89. The van der Waals surface area contributed by atoms with Gasteiger partial charge in [-0.3, -0.25) is 0 Å². The van der Waals surface area contributed by atoms with E-state index in [9.17, 15) is 15.2 Å². The van der Waals surface area contributed by atoms with Crippen molar-refractivity contribution in [1.29, 1.82) is 5.26 Å². The third-order valence-corrected chi connectivity index (χ3v) is 4.63. The molecule has 0 aromatic heterocycles. The maximum Gasteiger partial charge on any atom is 0.335 e. The number of nitrogens with zero attached hydrogens (tertiary/aromatic N) is 1. The Morgan fingerprint density at radius 2 is 2.00 bits per heavy atom. The lowest BCUT2D eigenvalue weighted by molar-refractivity contribution is 0.0696. The maximum atomic E-state index is 11.3. The van der Waals surface area contributed by atoms with E-state index in [2.05, 4.69) is 6.07 Å². The fraction of sp³-hybridized carbons (Fsp3) is 0.200. The molecule has 0 spiro atoms. The number of ether oxygens (including phenoxy) is 1. The number of fused-ring (bicyclic) bond motifs is 2. The van der Waals surface area contributed by atoms with E-state index in [4.69, 9.17) is 4.74 Å². The second-order valence-electron chi connectivity index (χ2n) is 6.29. The summed E-state index contributed by atoms with van der Waals surface area (Å²) in [5.41, 5.74) is 3.49. The summed E-state index contributed by atoms with van der Waals surface area (Å²) >= 11 is 0. The summed E-state index contributed by atoms with van der Waals surface area (Å²) in [7, 11) is 0. The van der Waals surface area contributed by atoms with Crippen LogP contribution in [0, 0.1) is 16.7 Å². The lowest BCUT2D eigenvalue weighted by Gasteiger charge is -2.12. The van der Waals surface area contributed by atoms with Crippen molar-refractivity contribution in [2.45, 2.75) is 19.4 Å². The first-order chi connectivity index (χ1) is 11.6. The van der Waals surface area contributed by atoms with Crippen molar-refractivity contribution >= 4 is 11.5 Å². The number of allylic oxidation sites excluding steroid dienone is 1. The van der Waals surface area contributed by atoms with Gasteiger partial charge in [-0.25, -0.2) is 4.79 Å². The number of carboxylic acid groups (broad SMARTS) is 1. The molecular weight excluding hydrogens is 302 g/mol. The van der Waals surface area contributed by atoms with E-state index in [1.165, 1.54) is 0 Å². The second-order valence-corrected chi connectivity index (χ2v) is 6.29. The molecule has 2 aromatic carbocycles. The maximum absolute atomic E-state index is 11.3. The van der Waals surface area contributed by atoms with Crippen molar-refractivity contribution in [3.63, 3.8) is 0 Å². The molecule has 0 unspecified atom stereocenters. The second kappa shape index (κ2) is 5.24. The highest BCUT2D eigenvalue weighted by molar-refractivity contribution is 5.91. The molecule has 1 fully saturated rings. The quantitative estimate of drug-likeness (QED) is 0.908. The van der Waals surface area contributed by atoms with Crippen LogP contribution in [0.4, 0.5) is 0 Å². The van der Waals surface area contributed by atoms with E-state index in [1.54, 1.807) is 12.1 Å². The van der Waals surface area contributed by atoms with E-state index in [-0.39, 0.29) is 5.56 Å². The lowest BCUT2D eigenvalue weighted by Crippen LogP contribution is -2.02. The topological polar surface area (TPSA) is 70.3 Å². The number of hydrogen-bond acceptors (Lipinski definition) is 3. The monoisotopic (exact) mass is 317 g/mol. The van der Waals surface area contributed by atoms with Crippen LogP contribution in [0.15, 0.2) is 48.5 Å². The number of para-hydroxylation sites is 1. The van der Waals surface area contributed by atoms with Gasteiger partial charge >= 0.3 is 5.97 Å². The van der Waals surface area contributed by atoms with Crippen molar-refractivity contribution in [1.82, 2.24) is 0 Å². The number of carbonyl (C=O) groups is 1. The Labute approximate surface area is 139 Å². The van der Waals surface area contributed by atoms with Crippen molar-refractivity contribution in [2.75, 3.05) is 0 Å². The van der Waals surface area contributed by atoms with Gasteiger partial charge in [0.25, 0.3) is 0 Å². The predicted octanol–water partition coefficient (Wildman–Crippen LogP) is 4.01. The molecule has 1 saturated carbocycles. The lowest BCUT2D eigenvalue weighted by atomic mass is 9.90. The Morgan fingerprint density at radius 3 is 2.71 bits per heavy atom. The average molecular weight is 317 g/mol. The molecule has 24 heavy (non-hydrogen) atoms. The molecule has 1 aliphatic heterocycles. The third-order valence-electron chi connectivity index (χ3n) is 4.63. The summed E-state index contributed by atoms with van der Waals surface area (Å²) in [5.74, 6) is -0.202. The molecule has 0 atom stereocenters. The minimum Gasteiger partial charge on any atom is -0.488 e. The van der Waals surface area contributed by atoms with Crippen LogP contribution in [-0.4, -0.2) is 11.1 Å². The molecule has 0 radical (unpaired) electrons. The van der Waals surface area contributed by atoms with Crippen molar-refractivity contribution in [2.24, 2.45) is 5.41 Å². The van der Waals surface area contributed by atoms with Crippen LogP contribution in [-0.2, 0) is 6.61 Å². The fourth-order valence-corrected chi connectivity index (χ4v) is 3.08. The normalized spacial score (nSPS) is 18.5. The van der Waals surface area contributed by atoms with Crippen LogP contribution >= 0.6 is 0 Å². The van der Waals surface area contributed by atoms with Gasteiger partial charge in [0.2, 0.25) is 0 Å². The smallest absolute Gasteiger partial charge is 0.335 e. The molecule has 1 N–H and O–H groups in total. The third kappa shape index (κ3) is 2.35. The van der Waals surface area contributed by atoms with Crippen molar-refractivity contribution in [3.05, 3.63) is 70.8 Å². The molecule has 0 amide bonds. The minimum atomic E-state index is -0.958. The number of hydrogen-bond donors (Lipinski definition) is 1. The van der Waals surface area contributed by atoms with Gasteiger partial charge in [-0.1, -0.05) is 30.3 Å². The van der Waals surface area contributed by atoms with Gasteiger partial charge in [0, 0.05) is 5.56 Å². The molecule has 1 heterocycles. The first-order valence-electron chi connectivity index (χ1n) is 7.85. The highest BCUT2D eigenvalue weighted by atomic mass is 16.5.